The maximum absolute atomic E-state index is 11.8. The summed E-state index contributed by atoms with van der Waals surface area (Å²) in [5.74, 6) is -0.212. The molecule has 106 valence electrons. The molecule has 3 nitrogen and oxygen atoms in total. The molecular weight excluding hydrogens is 238 g/mol. The lowest BCUT2D eigenvalue weighted by Gasteiger charge is -2.33. The number of likely N-dealkylation sites (N-methyl/N-ethyl adjacent to an activating group) is 1. The van der Waals surface area contributed by atoms with Crippen LogP contribution in [-0.4, -0.2) is 30.6 Å². The van der Waals surface area contributed by atoms with Gasteiger partial charge < -0.3 is 4.74 Å². The molecule has 0 radical (unpaired) electrons. The highest BCUT2D eigenvalue weighted by Gasteiger charge is 2.33. The molecule has 0 aliphatic carbocycles. The molecule has 0 amide bonds. The maximum atomic E-state index is 11.8. The number of hydrogen-bond acceptors (Lipinski definition) is 3. The second-order valence-electron chi connectivity index (χ2n) is 5.77. The molecule has 1 aromatic carbocycles. The number of esters is 1. The van der Waals surface area contributed by atoms with E-state index in [0.717, 1.165) is 6.54 Å². The van der Waals surface area contributed by atoms with Crippen molar-refractivity contribution in [3.05, 3.63) is 34.4 Å². The SMILES string of the molecule is COC(=O)C(C)(C)N(C)Cc1cc(C)c(C)cc1C. The molecule has 1 aromatic rings. The van der Waals surface area contributed by atoms with Gasteiger partial charge in [0.1, 0.15) is 5.54 Å². The standard InChI is InChI=1S/C16H25NO2/c1-11-8-13(3)14(9-12(11)2)10-17(6)16(4,5)15(18)19-7/h8-9H,10H2,1-7H3. The summed E-state index contributed by atoms with van der Waals surface area (Å²) in [4.78, 5) is 13.8. The van der Waals surface area contributed by atoms with E-state index in [0.29, 0.717) is 0 Å². The summed E-state index contributed by atoms with van der Waals surface area (Å²) in [6.45, 7) is 10.8. The van der Waals surface area contributed by atoms with Crippen LogP contribution >= 0.6 is 0 Å². The van der Waals surface area contributed by atoms with Gasteiger partial charge in [0.15, 0.2) is 0 Å². The van der Waals surface area contributed by atoms with Crippen molar-refractivity contribution in [2.45, 2.75) is 46.7 Å². The van der Waals surface area contributed by atoms with Gasteiger partial charge in [-0.3, -0.25) is 9.69 Å². The van der Waals surface area contributed by atoms with Gasteiger partial charge in [-0.05, 0) is 63.9 Å². The third kappa shape index (κ3) is 3.35. The van der Waals surface area contributed by atoms with Crippen LogP contribution in [0.15, 0.2) is 12.1 Å². The number of carbonyl (C=O) groups is 1. The van der Waals surface area contributed by atoms with Crippen molar-refractivity contribution >= 4 is 5.97 Å². The molecule has 0 saturated carbocycles. The van der Waals surface area contributed by atoms with Gasteiger partial charge in [-0.2, -0.15) is 0 Å². The van der Waals surface area contributed by atoms with Crippen molar-refractivity contribution in [2.75, 3.05) is 14.2 Å². The highest BCUT2D eigenvalue weighted by Crippen LogP contribution is 2.21. The van der Waals surface area contributed by atoms with E-state index in [-0.39, 0.29) is 5.97 Å². The lowest BCUT2D eigenvalue weighted by atomic mass is 9.98. The third-order valence-corrected chi connectivity index (χ3v) is 4.00. The predicted octanol–water partition coefficient (Wildman–Crippen LogP) is 3.00. The maximum Gasteiger partial charge on any atom is 0.325 e. The Morgan fingerprint density at radius 2 is 1.68 bits per heavy atom. The van der Waals surface area contributed by atoms with Gasteiger partial charge in [-0.15, -0.1) is 0 Å². The number of nitrogens with zero attached hydrogens (tertiary/aromatic N) is 1. The Morgan fingerprint density at radius 3 is 2.21 bits per heavy atom. The van der Waals surface area contributed by atoms with Crippen molar-refractivity contribution in [3.8, 4) is 0 Å². The van der Waals surface area contributed by atoms with Crippen LogP contribution in [-0.2, 0) is 16.1 Å². The largest absolute Gasteiger partial charge is 0.468 e. The molecule has 0 atom stereocenters. The summed E-state index contributed by atoms with van der Waals surface area (Å²) in [5, 5.41) is 0. The van der Waals surface area contributed by atoms with Crippen molar-refractivity contribution in [3.63, 3.8) is 0 Å². The van der Waals surface area contributed by atoms with Crippen LogP contribution in [0.4, 0.5) is 0 Å². The first-order valence-corrected chi connectivity index (χ1v) is 6.56. The summed E-state index contributed by atoms with van der Waals surface area (Å²) in [7, 11) is 3.38. The zero-order valence-corrected chi connectivity index (χ0v) is 13.1. The summed E-state index contributed by atoms with van der Waals surface area (Å²) < 4.78 is 4.87. The fourth-order valence-electron chi connectivity index (χ4n) is 2.05. The fraction of sp³-hybridized carbons (Fsp3) is 0.562. The van der Waals surface area contributed by atoms with E-state index in [1.54, 1.807) is 0 Å². The molecule has 3 heteroatoms. The highest BCUT2D eigenvalue weighted by atomic mass is 16.5. The smallest absolute Gasteiger partial charge is 0.325 e. The fourth-order valence-corrected chi connectivity index (χ4v) is 2.05. The number of hydrogen-bond donors (Lipinski definition) is 0. The molecule has 0 spiro atoms. The molecule has 1 rings (SSSR count). The van der Waals surface area contributed by atoms with E-state index in [9.17, 15) is 4.79 Å². The van der Waals surface area contributed by atoms with Crippen molar-refractivity contribution < 1.29 is 9.53 Å². The van der Waals surface area contributed by atoms with E-state index >= 15 is 0 Å². The Kier molecular flexibility index (Phi) is 4.75. The van der Waals surface area contributed by atoms with Crippen LogP contribution in [0.1, 0.15) is 36.1 Å². The zero-order chi connectivity index (χ0) is 14.8. The minimum Gasteiger partial charge on any atom is -0.468 e. The number of carbonyl (C=O) groups excluding carboxylic acids is 1. The van der Waals surface area contributed by atoms with Crippen molar-refractivity contribution in [1.29, 1.82) is 0 Å². The normalized spacial score (nSPS) is 11.8. The summed E-state index contributed by atoms with van der Waals surface area (Å²) in [5.41, 5.74) is 4.47. The number of ether oxygens (including phenoxy) is 1. The molecular formula is C16H25NO2. The van der Waals surface area contributed by atoms with Crippen LogP contribution in [0.3, 0.4) is 0 Å². The van der Waals surface area contributed by atoms with Crippen molar-refractivity contribution in [1.82, 2.24) is 4.90 Å². The highest BCUT2D eigenvalue weighted by molar-refractivity contribution is 5.79. The topological polar surface area (TPSA) is 29.5 Å². The Balaban J connectivity index is 2.97. The molecule has 0 heterocycles. The van der Waals surface area contributed by atoms with E-state index < -0.39 is 5.54 Å². The van der Waals surface area contributed by atoms with E-state index in [1.165, 1.54) is 29.4 Å². The molecule has 19 heavy (non-hydrogen) atoms. The first-order valence-electron chi connectivity index (χ1n) is 6.56. The number of methoxy groups -OCH3 is 1. The first kappa shape index (κ1) is 15.7. The van der Waals surface area contributed by atoms with Gasteiger partial charge in [0.2, 0.25) is 0 Å². The van der Waals surface area contributed by atoms with Crippen molar-refractivity contribution in [2.24, 2.45) is 0 Å². The average molecular weight is 263 g/mol. The van der Waals surface area contributed by atoms with Gasteiger partial charge >= 0.3 is 5.97 Å². The van der Waals surface area contributed by atoms with E-state index in [4.69, 9.17) is 4.74 Å². The summed E-state index contributed by atoms with van der Waals surface area (Å²) in [6, 6.07) is 4.40. The van der Waals surface area contributed by atoms with Gasteiger partial charge in [0, 0.05) is 6.54 Å². The number of benzene rings is 1. The van der Waals surface area contributed by atoms with Crippen LogP contribution in [0.5, 0.6) is 0 Å². The summed E-state index contributed by atoms with van der Waals surface area (Å²) >= 11 is 0. The van der Waals surface area contributed by atoms with Gasteiger partial charge in [0.25, 0.3) is 0 Å². The Labute approximate surface area is 116 Å². The van der Waals surface area contributed by atoms with Gasteiger partial charge in [0.05, 0.1) is 7.11 Å². The van der Waals surface area contributed by atoms with Crippen LogP contribution in [0, 0.1) is 20.8 Å². The lowest BCUT2D eigenvalue weighted by molar-refractivity contribution is -0.152. The van der Waals surface area contributed by atoms with Crippen LogP contribution in [0.25, 0.3) is 0 Å². The minimum atomic E-state index is -0.625. The van der Waals surface area contributed by atoms with E-state index in [1.807, 2.05) is 25.8 Å². The Bertz CT molecular complexity index is 478. The van der Waals surface area contributed by atoms with Crippen LogP contribution in [0.2, 0.25) is 0 Å². The number of aryl methyl sites for hydroxylation is 3. The monoisotopic (exact) mass is 263 g/mol. The average Bonchev–Trinajstić information content (AvgIpc) is 2.34. The first-order chi connectivity index (χ1) is 8.70. The zero-order valence-electron chi connectivity index (χ0n) is 13.1. The summed E-state index contributed by atoms with van der Waals surface area (Å²) in [6.07, 6.45) is 0. The quantitative estimate of drug-likeness (QED) is 0.782. The second-order valence-corrected chi connectivity index (χ2v) is 5.77. The Hall–Kier alpha value is -1.35. The van der Waals surface area contributed by atoms with Gasteiger partial charge in [-0.25, -0.2) is 0 Å². The molecule has 0 bridgehead atoms. The minimum absolute atomic E-state index is 0.212. The Morgan fingerprint density at radius 1 is 1.16 bits per heavy atom. The lowest BCUT2D eigenvalue weighted by Crippen LogP contribution is -2.48. The molecule has 0 saturated heterocycles. The molecule has 0 aromatic heterocycles. The molecule has 0 fully saturated rings. The molecule has 0 aliphatic heterocycles. The number of rotatable bonds is 4. The predicted molar refractivity (Wildman–Crippen MR) is 78.2 cm³/mol. The third-order valence-electron chi connectivity index (χ3n) is 4.00. The molecule has 0 N–H and O–H groups in total. The van der Waals surface area contributed by atoms with Gasteiger partial charge in [-0.1, -0.05) is 12.1 Å². The second kappa shape index (κ2) is 5.74. The molecule has 0 unspecified atom stereocenters. The molecule has 0 aliphatic rings. The van der Waals surface area contributed by atoms with E-state index in [2.05, 4.69) is 32.9 Å². The van der Waals surface area contributed by atoms with Crippen LogP contribution < -0.4 is 0 Å².